The minimum absolute atomic E-state index is 0.951. The molecule has 3 rings (SSSR count). The van der Waals surface area contributed by atoms with Crippen molar-refractivity contribution in [1.82, 2.24) is 24.3 Å². The molecule has 110 valence electrons. The van der Waals surface area contributed by atoms with Gasteiger partial charge in [0.05, 0.1) is 35.8 Å². The summed E-state index contributed by atoms with van der Waals surface area (Å²) in [4.78, 5) is 8.29. The van der Waals surface area contributed by atoms with Crippen molar-refractivity contribution in [2.45, 2.75) is 34.1 Å². The highest BCUT2D eigenvalue weighted by Gasteiger charge is 2.05. The highest BCUT2D eigenvalue weighted by atomic mass is 15.3. The Hall–Kier alpha value is -2.43. The van der Waals surface area contributed by atoms with Gasteiger partial charge in [-0.2, -0.15) is 5.10 Å². The SMILES string of the molecule is CCC.Cc1cc(C)n(-c2cncc(-n3ccnc3)c2)n1. The van der Waals surface area contributed by atoms with Gasteiger partial charge in [-0.3, -0.25) is 4.98 Å². The fourth-order valence-corrected chi connectivity index (χ4v) is 1.98. The van der Waals surface area contributed by atoms with Crippen LogP contribution < -0.4 is 0 Å². The number of rotatable bonds is 2. The van der Waals surface area contributed by atoms with E-state index in [1.165, 1.54) is 6.42 Å². The van der Waals surface area contributed by atoms with E-state index in [9.17, 15) is 0 Å². The van der Waals surface area contributed by atoms with Crippen molar-refractivity contribution in [3.05, 3.63) is 54.6 Å². The van der Waals surface area contributed by atoms with Crippen molar-refractivity contribution in [3.63, 3.8) is 0 Å². The first kappa shape index (κ1) is 15.0. The molecule has 3 heterocycles. The number of aromatic nitrogens is 5. The normalized spacial score (nSPS) is 10.1. The molecule has 0 atom stereocenters. The lowest BCUT2D eigenvalue weighted by atomic mass is 10.3. The van der Waals surface area contributed by atoms with E-state index < -0.39 is 0 Å². The zero-order chi connectivity index (χ0) is 15.2. The van der Waals surface area contributed by atoms with Crippen molar-refractivity contribution >= 4 is 0 Å². The molecule has 3 aromatic heterocycles. The smallest absolute Gasteiger partial charge is 0.0992 e. The van der Waals surface area contributed by atoms with E-state index in [1.807, 2.05) is 41.4 Å². The van der Waals surface area contributed by atoms with Gasteiger partial charge in [-0.05, 0) is 26.0 Å². The van der Waals surface area contributed by atoms with Crippen LogP contribution in [0, 0.1) is 13.8 Å². The maximum absolute atomic E-state index is 4.45. The quantitative estimate of drug-likeness (QED) is 0.723. The number of pyridine rings is 1. The van der Waals surface area contributed by atoms with E-state index in [1.54, 1.807) is 24.9 Å². The van der Waals surface area contributed by atoms with Crippen LogP contribution in [0.4, 0.5) is 0 Å². The highest BCUT2D eigenvalue weighted by Crippen LogP contribution is 2.14. The van der Waals surface area contributed by atoms with E-state index in [-0.39, 0.29) is 0 Å². The lowest BCUT2D eigenvalue weighted by Crippen LogP contribution is -2.01. The largest absolute Gasteiger partial charge is 0.305 e. The third-order valence-electron chi connectivity index (χ3n) is 2.77. The molecule has 5 heteroatoms. The summed E-state index contributed by atoms with van der Waals surface area (Å²) in [6, 6.07) is 4.08. The van der Waals surface area contributed by atoms with Crippen LogP contribution in [0.5, 0.6) is 0 Å². The van der Waals surface area contributed by atoms with Crippen LogP contribution in [-0.2, 0) is 0 Å². The summed E-state index contributed by atoms with van der Waals surface area (Å²) in [5.41, 5.74) is 4.02. The molecule has 0 radical (unpaired) electrons. The molecule has 0 aliphatic carbocycles. The molecule has 3 aromatic rings. The molecular weight excluding hydrogens is 262 g/mol. The van der Waals surface area contributed by atoms with Gasteiger partial charge in [0.1, 0.15) is 0 Å². The van der Waals surface area contributed by atoms with Gasteiger partial charge in [0.15, 0.2) is 0 Å². The van der Waals surface area contributed by atoms with Crippen LogP contribution in [0.2, 0.25) is 0 Å². The molecule has 0 saturated heterocycles. The molecule has 0 N–H and O–H groups in total. The molecule has 0 fully saturated rings. The average molecular weight is 283 g/mol. The Labute approximate surface area is 125 Å². The first-order chi connectivity index (χ1) is 10.2. The van der Waals surface area contributed by atoms with Crippen LogP contribution >= 0.6 is 0 Å². The third kappa shape index (κ3) is 3.56. The Kier molecular flexibility index (Phi) is 4.87. The van der Waals surface area contributed by atoms with Crippen molar-refractivity contribution in [3.8, 4) is 11.4 Å². The third-order valence-corrected chi connectivity index (χ3v) is 2.77. The van der Waals surface area contributed by atoms with E-state index >= 15 is 0 Å². The highest BCUT2D eigenvalue weighted by molar-refractivity contribution is 5.41. The second-order valence-corrected chi connectivity index (χ2v) is 4.92. The van der Waals surface area contributed by atoms with Crippen molar-refractivity contribution in [2.24, 2.45) is 0 Å². The zero-order valence-corrected chi connectivity index (χ0v) is 13.0. The van der Waals surface area contributed by atoms with Gasteiger partial charge in [-0.25, -0.2) is 9.67 Å². The van der Waals surface area contributed by atoms with Gasteiger partial charge in [0.25, 0.3) is 0 Å². The Morgan fingerprint density at radius 1 is 1.00 bits per heavy atom. The number of imidazole rings is 1. The summed E-state index contributed by atoms with van der Waals surface area (Å²) in [6.07, 6.45) is 10.2. The first-order valence-corrected chi connectivity index (χ1v) is 7.12. The van der Waals surface area contributed by atoms with E-state index in [0.717, 1.165) is 22.8 Å². The minimum atomic E-state index is 0.951. The van der Waals surface area contributed by atoms with E-state index in [4.69, 9.17) is 0 Å². The molecule has 0 aliphatic rings. The molecule has 0 amide bonds. The predicted octanol–water partition coefficient (Wildman–Crippen LogP) is 3.49. The summed E-state index contributed by atoms with van der Waals surface area (Å²) < 4.78 is 3.81. The fraction of sp³-hybridized carbons (Fsp3) is 0.312. The van der Waals surface area contributed by atoms with Crippen molar-refractivity contribution in [1.29, 1.82) is 0 Å². The number of nitrogens with zero attached hydrogens (tertiary/aromatic N) is 5. The molecule has 0 unspecified atom stereocenters. The van der Waals surface area contributed by atoms with Gasteiger partial charge in [0.2, 0.25) is 0 Å². The lowest BCUT2D eigenvalue weighted by Gasteiger charge is -2.06. The molecule has 0 aromatic carbocycles. The topological polar surface area (TPSA) is 48.5 Å². The minimum Gasteiger partial charge on any atom is -0.305 e. The van der Waals surface area contributed by atoms with E-state index in [0.29, 0.717) is 0 Å². The predicted molar refractivity (Wildman–Crippen MR) is 83.9 cm³/mol. The molecule has 21 heavy (non-hydrogen) atoms. The van der Waals surface area contributed by atoms with Gasteiger partial charge in [0, 0.05) is 18.1 Å². The van der Waals surface area contributed by atoms with Gasteiger partial charge >= 0.3 is 0 Å². The van der Waals surface area contributed by atoms with Gasteiger partial charge < -0.3 is 4.57 Å². The van der Waals surface area contributed by atoms with Crippen molar-refractivity contribution in [2.75, 3.05) is 0 Å². The summed E-state index contributed by atoms with van der Waals surface area (Å²) in [7, 11) is 0. The average Bonchev–Trinajstić information content (AvgIpc) is 3.09. The molecule has 0 aliphatic heterocycles. The Morgan fingerprint density at radius 2 is 1.71 bits per heavy atom. The summed E-state index contributed by atoms with van der Waals surface area (Å²) in [6.45, 7) is 8.26. The van der Waals surface area contributed by atoms with Crippen LogP contribution in [0.25, 0.3) is 11.4 Å². The zero-order valence-electron chi connectivity index (χ0n) is 13.0. The Morgan fingerprint density at radius 3 is 2.29 bits per heavy atom. The molecule has 0 bridgehead atoms. The fourth-order valence-electron chi connectivity index (χ4n) is 1.98. The van der Waals surface area contributed by atoms with Crippen LogP contribution in [0.15, 0.2) is 43.2 Å². The van der Waals surface area contributed by atoms with Crippen LogP contribution in [0.3, 0.4) is 0 Å². The maximum Gasteiger partial charge on any atom is 0.0992 e. The standard InChI is InChI=1S/C13H13N5.C3H8/c1-10-5-11(2)18(16-10)13-6-12(7-15-8-13)17-4-3-14-9-17;1-3-2/h3-9H,1-2H3;3H2,1-2H3. The molecule has 5 nitrogen and oxygen atoms in total. The number of hydrogen-bond acceptors (Lipinski definition) is 3. The second kappa shape index (κ2) is 6.83. The van der Waals surface area contributed by atoms with Crippen LogP contribution in [0.1, 0.15) is 31.7 Å². The summed E-state index contributed by atoms with van der Waals surface area (Å²) in [5.74, 6) is 0. The molecule has 0 saturated carbocycles. The Bertz CT molecular complexity index is 683. The Balaban J connectivity index is 0.000000497. The van der Waals surface area contributed by atoms with E-state index in [2.05, 4.69) is 28.9 Å². The molecule has 0 spiro atoms. The summed E-state index contributed by atoms with van der Waals surface area (Å²) >= 11 is 0. The second-order valence-electron chi connectivity index (χ2n) is 4.92. The first-order valence-electron chi connectivity index (χ1n) is 7.12. The number of hydrogen-bond donors (Lipinski definition) is 0. The van der Waals surface area contributed by atoms with Gasteiger partial charge in [-0.15, -0.1) is 0 Å². The maximum atomic E-state index is 4.45. The monoisotopic (exact) mass is 283 g/mol. The van der Waals surface area contributed by atoms with Crippen LogP contribution in [-0.4, -0.2) is 24.3 Å². The lowest BCUT2D eigenvalue weighted by molar-refractivity contribution is 0.825. The van der Waals surface area contributed by atoms with Gasteiger partial charge in [-0.1, -0.05) is 20.3 Å². The van der Waals surface area contributed by atoms with Crippen molar-refractivity contribution < 1.29 is 0 Å². The number of aryl methyl sites for hydroxylation is 2. The summed E-state index contributed by atoms with van der Waals surface area (Å²) in [5, 5.41) is 4.45. The molecular formula is C16H21N5.